The topological polar surface area (TPSA) is 78.1 Å². The number of rotatable bonds is 5. The lowest BCUT2D eigenvalue weighted by atomic mass is 10.1. The summed E-state index contributed by atoms with van der Waals surface area (Å²) in [6.45, 7) is 1.69. The molecule has 1 unspecified atom stereocenters. The van der Waals surface area contributed by atoms with E-state index in [1.807, 2.05) is 30.3 Å². The third-order valence-electron chi connectivity index (χ3n) is 3.28. The standard InChI is InChI=1S/C17H14BrN3O3/c1-11(23-15(22)9-12-4-6-14(18)7-5-12)17-20-16(21-24-17)13-3-2-8-19-10-13/h2-8,10-11H,9H2,1H3. The number of carbonyl (C=O) groups excluding carboxylic acids is 1. The van der Waals surface area contributed by atoms with Crippen molar-refractivity contribution in [3.05, 3.63) is 64.7 Å². The molecule has 6 nitrogen and oxygen atoms in total. The Hall–Kier alpha value is -2.54. The minimum absolute atomic E-state index is 0.182. The van der Waals surface area contributed by atoms with Crippen LogP contribution in [0.3, 0.4) is 0 Å². The highest BCUT2D eigenvalue weighted by atomic mass is 79.9. The first-order valence-electron chi connectivity index (χ1n) is 7.30. The quantitative estimate of drug-likeness (QED) is 0.620. The van der Waals surface area contributed by atoms with Crippen LogP contribution in [0.15, 0.2) is 57.8 Å². The van der Waals surface area contributed by atoms with Gasteiger partial charge in [0.1, 0.15) is 0 Å². The Morgan fingerprint density at radius 2 is 2.08 bits per heavy atom. The van der Waals surface area contributed by atoms with E-state index in [0.717, 1.165) is 15.6 Å². The highest BCUT2D eigenvalue weighted by Crippen LogP contribution is 2.20. The minimum Gasteiger partial charge on any atom is -0.452 e. The van der Waals surface area contributed by atoms with Crippen LogP contribution in [0, 0.1) is 0 Å². The van der Waals surface area contributed by atoms with Crippen LogP contribution in [-0.4, -0.2) is 21.1 Å². The predicted molar refractivity (Wildman–Crippen MR) is 89.9 cm³/mol. The average Bonchev–Trinajstić information content (AvgIpc) is 3.08. The van der Waals surface area contributed by atoms with Crippen LogP contribution in [0.25, 0.3) is 11.4 Å². The smallest absolute Gasteiger partial charge is 0.311 e. The third-order valence-corrected chi connectivity index (χ3v) is 3.81. The largest absolute Gasteiger partial charge is 0.452 e. The third kappa shape index (κ3) is 4.05. The molecule has 7 heteroatoms. The van der Waals surface area contributed by atoms with Gasteiger partial charge in [-0.25, -0.2) is 0 Å². The lowest BCUT2D eigenvalue weighted by Crippen LogP contribution is -2.11. The van der Waals surface area contributed by atoms with Gasteiger partial charge >= 0.3 is 5.97 Å². The van der Waals surface area contributed by atoms with Gasteiger partial charge in [0.05, 0.1) is 6.42 Å². The van der Waals surface area contributed by atoms with Crippen molar-refractivity contribution in [1.29, 1.82) is 0 Å². The van der Waals surface area contributed by atoms with Crippen LogP contribution in [0.5, 0.6) is 0 Å². The molecular formula is C17H14BrN3O3. The first-order valence-corrected chi connectivity index (χ1v) is 8.09. The van der Waals surface area contributed by atoms with Crippen LogP contribution in [0.4, 0.5) is 0 Å². The van der Waals surface area contributed by atoms with Crippen molar-refractivity contribution < 1.29 is 14.1 Å². The number of hydrogen-bond acceptors (Lipinski definition) is 6. The highest BCUT2D eigenvalue weighted by Gasteiger charge is 2.19. The van der Waals surface area contributed by atoms with E-state index in [1.54, 1.807) is 25.4 Å². The number of carbonyl (C=O) groups is 1. The van der Waals surface area contributed by atoms with E-state index in [4.69, 9.17) is 9.26 Å². The number of aromatic nitrogens is 3. The van der Waals surface area contributed by atoms with Crippen LogP contribution in [0.1, 0.15) is 24.5 Å². The van der Waals surface area contributed by atoms with Crippen molar-refractivity contribution in [3.63, 3.8) is 0 Å². The molecule has 0 N–H and O–H groups in total. The summed E-state index contributed by atoms with van der Waals surface area (Å²) in [5.74, 6) is 0.304. The molecule has 0 saturated carbocycles. The van der Waals surface area contributed by atoms with E-state index in [2.05, 4.69) is 31.1 Å². The van der Waals surface area contributed by atoms with Crippen LogP contribution in [-0.2, 0) is 16.0 Å². The van der Waals surface area contributed by atoms with Crippen LogP contribution >= 0.6 is 15.9 Å². The molecule has 0 fully saturated rings. The lowest BCUT2D eigenvalue weighted by Gasteiger charge is -2.09. The van der Waals surface area contributed by atoms with Gasteiger partial charge in [-0.1, -0.05) is 33.2 Å². The maximum absolute atomic E-state index is 12.0. The molecular weight excluding hydrogens is 374 g/mol. The summed E-state index contributed by atoms with van der Waals surface area (Å²) in [6.07, 6.45) is 2.86. The Labute approximate surface area is 147 Å². The first kappa shape index (κ1) is 16.3. The van der Waals surface area contributed by atoms with Crippen molar-refractivity contribution in [2.75, 3.05) is 0 Å². The maximum Gasteiger partial charge on any atom is 0.311 e. The minimum atomic E-state index is -0.620. The number of pyridine rings is 1. The Balaban J connectivity index is 1.62. The molecule has 122 valence electrons. The average molecular weight is 388 g/mol. The second kappa shape index (κ2) is 7.35. The van der Waals surface area contributed by atoms with E-state index in [0.29, 0.717) is 5.82 Å². The summed E-state index contributed by atoms with van der Waals surface area (Å²) in [5.41, 5.74) is 1.61. The summed E-state index contributed by atoms with van der Waals surface area (Å²) < 4.78 is 11.5. The first-order chi connectivity index (χ1) is 11.6. The molecule has 1 aromatic carbocycles. The zero-order chi connectivity index (χ0) is 16.9. The fourth-order valence-corrected chi connectivity index (χ4v) is 2.34. The van der Waals surface area contributed by atoms with Gasteiger partial charge in [-0.05, 0) is 36.8 Å². The Morgan fingerprint density at radius 1 is 1.29 bits per heavy atom. The fraction of sp³-hybridized carbons (Fsp3) is 0.176. The molecule has 0 amide bonds. The van der Waals surface area contributed by atoms with Crippen molar-refractivity contribution in [3.8, 4) is 11.4 Å². The van der Waals surface area contributed by atoms with Gasteiger partial charge in [0.2, 0.25) is 5.82 Å². The van der Waals surface area contributed by atoms with E-state index in [9.17, 15) is 4.79 Å². The number of benzene rings is 1. The molecule has 24 heavy (non-hydrogen) atoms. The molecule has 0 bridgehead atoms. The molecule has 0 aliphatic rings. The van der Waals surface area contributed by atoms with Crippen LogP contribution in [0.2, 0.25) is 0 Å². The molecule has 2 heterocycles. The number of hydrogen-bond donors (Lipinski definition) is 0. The van der Waals surface area contributed by atoms with Gasteiger partial charge in [0.15, 0.2) is 6.10 Å². The molecule has 3 rings (SSSR count). The van der Waals surface area contributed by atoms with Crippen molar-refractivity contribution >= 4 is 21.9 Å². The summed E-state index contributed by atoms with van der Waals surface area (Å²) in [7, 11) is 0. The van der Waals surface area contributed by atoms with Gasteiger partial charge in [0, 0.05) is 22.4 Å². The SMILES string of the molecule is CC(OC(=O)Cc1ccc(Br)cc1)c1nc(-c2cccnc2)no1. The van der Waals surface area contributed by atoms with Crippen molar-refractivity contribution in [2.24, 2.45) is 0 Å². The summed E-state index contributed by atoms with van der Waals surface area (Å²) in [5, 5.41) is 3.89. The maximum atomic E-state index is 12.0. The van der Waals surface area contributed by atoms with Crippen molar-refractivity contribution in [1.82, 2.24) is 15.1 Å². The van der Waals surface area contributed by atoms with Gasteiger partial charge < -0.3 is 9.26 Å². The van der Waals surface area contributed by atoms with E-state index in [-0.39, 0.29) is 18.3 Å². The zero-order valence-corrected chi connectivity index (χ0v) is 14.4. The number of halogens is 1. The number of esters is 1. The van der Waals surface area contributed by atoms with Gasteiger partial charge in [-0.15, -0.1) is 0 Å². The number of ether oxygens (including phenoxy) is 1. The van der Waals surface area contributed by atoms with Crippen LogP contribution < -0.4 is 0 Å². The molecule has 1 atom stereocenters. The van der Waals surface area contributed by atoms with E-state index >= 15 is 0 Å². The van der Waals surface area contributed by atoms with Crippen molar-refractivity contribution in [2.45, 2.75) is 19.4 Å². The molecule has 0 aliphatic heterocycles. The highest BCUT2D eigenvalue weighted by molar-refractivity contribution is 9.10. The predicted octanol–water partition coefficient (Wildman–Crippen LogP) is 3.74. The van der Waals surface area contributed by atoms with Gasteiger partial charge in [-0.3, -0.25) is 9.78 Å². The zero-order valence-electron chi connectivity index (χ0n) is 12.8. The molecule has 0 saturated heterocycles. The Morgan fingerprint density at radius 3 is 2.79 bits per heavy atom. The normalized spacial score (nSPS) is 11.9. The second-order valence-corrected chi connectivity index (χ2v) is 6.05. The summed E-state index contributed by atoms with van der Waals surface area (Å²) in [4.78, 5) is 20.3. The molecule has 0 spiro atoms. The van der Waals surface area contributed by atoms with E-state index < -0.39 is 6.10 Å². The van der Waals surface area contributed by atoms with E-state index in [1.165, 1.54) is 0 Å². The Bertz CT molecular complexity index is 819. The summed E-state index contributed by atoms with van der Waals surface area (Å²) in [6, 6.07) is 11.1. The fourth-order valence-electron chi connectivity index (χ4n) is 2.07. The molecule has 0 radical (unpaired) electrons. The van der Waals surface area contributed by atoms with Gasteiger partial charge in [0.25, 0.3) is 5.89 Å². The lowest BCUT2D eigenvalue weighted by molar-refractivity contribution is -0.148. The molecule has 0 aliphatic carbocycles. The molecule has 3 aromatic rings. The van der Waals surface area contributed by atoms with Gasteiger partial charge in [-0.2, -0.15) is 4.98 Å². The second-order valence-electron chi connectivity index (χ2n) is 5.13. The monoisotopic (exact) mass is 387 g/mol. The molecule has 2 aromatic heterocycles. The Kier molecular flexibility index (Phi) is 5.00. The number of nitrogens with zero attached hydrogens (tertiary/aromatic N) is 3. The summed E-state index contributed by atoms with van der Waals surface area (Å²) >= 11 is 3.36.